The van der Waals surface area contributed by atoms with Crippen LogP contribution < -0.4 is 5.32 Å². The van der Waals surface area contributed by atoms with Crippen molar-refractivity contribution in [2.45, 2.75) is 13.0 Å². The third-order valence-corrected chi connectivity index (χ3v) is 2.60. The van der Waals surface area contributed by atoms with E-state index >= 15 is 0 Å². The van der Waals surface area contributed by atoms with E-state index in [1.807, 2.05) is 0 Å². The summed E-state index contributed by atoms with van der Waals surface area (Å²) in [6.07, 6.45) is 1.33. The number of hydrogen-bond donors (Lipinski definition) is 2. The summed E-state index contributed by atoms with van der Waals surface area (Å²) >= 11 is 5.72. The number of carbonyl (C=O) groups is 1. The van der Waals surface area contributed by atoms with Gasteiger partial charge in [0.1, 0.15) is 18.0 Å². The van der Waals surface area contributed by atoms with Crippen LogP contribution in [0.2, 0.25) is 5.02 Å². The number of halogens is 2. The van der Waals surface area contributed by atoms with E-state index in [2.05, 4.69) is 20.5 Å². The van der Waals surface area contributed by atoms with E-state index in [0.717, 1.165) is 6.07 Å². The SMILES string of the molecule is CC(NC(=O)c1cc(Cl)ccc1F)c1ncn[nH]1. The minimum absolute atomic E-state index is 0.103. The first-order chi connectivity index (χ1) is 8.58. The minimum atomic E-state index is -0.623. The predicted octanol–water partition coefficient (Wildman–Crippen LogP) is 2.09. The number of aromatic amines is 1. The summed E-state index contributed by atoms with van der Waals surface area (Å²) in [4.78, 5) is 15.8. The Hall–Kier alpha value is -1.95. The minimum Gasteiger partial charge on any atom is -0.342 e. The van der Waals surface area contributed by atoms with Crippen molar-refractivity contribution >= 4 is 17.5 Å². The van der Waals surface area contributed by atoms with Gasteiger partial charge < -0.3 is 5.32 Å². The highest BCUT2D eigenvalue weighted by molar-refractivity contribution is 6.31. The molecule has 2 aromatic rings. The second-order valence-electron chi connectivity index (χ2n) is 3.69. The molecule has 0 saturated heterocycles. The summed E-state index contributed by atoms with van der Waals surface area (Å²) < 4.78 is 13.5. The van der Waals surface area contributed by atoms with Crippen LogP contribution in [-0.2, 0) is 0 Å². The van der Waals surface area contributed by atoms with Gasteiger partial charge in [-0.3, -0.25) is 9.89 Å². The van der Waals surface area contributed by atoms with Crippen LogP contribution in [0.15, 0.2) is 24.5 Å². The number of amides is 1. The lowest BCUT2D eigenvalue weighted by Gasteiger charge is -2.11. The molecule has 18 heavy (non-hydrogen) atoms. The molecule has 2 rings (SSSR count). The zero-order valence-corrected chi connectivity index (χ0v) is 10.2. The van der Waals surface area contributed by atoms with Crippen LogP contribution in [0.25, 0.3) is 0 Å². The van der Waals surface area contributed by atoms with Crippen LogP contribution in [0.1, 0.15) is 29.1 Å². The molecular formula is C11H10ClFN4O. The smallest absolute Gasteiger partial charge is 0.254 e. The van der Waals surface area contributed by atoms with Crippen molar-refractivity contribution in [2.24, 2.45) is 0 Å². The van der Waals surface area contributed by atoms with Gasteiger partial charge in [0.05, 0.1) is 11.6 Å². The van der Waals surface area contributed by atoms with Gasteiger partial charge in [-0.25, -0.2) is 9.37 Å². The van der Waals surface area contributed by atoms with Gasteiger partial charge in [0.2, 0.25) is 0 Å². The molecule has 1 aromatic heterocycles. The maximum absolute atomic E-state index is 13.5. The molecule has 0 spiro atoms. The lowest BCUT2D eigenvalue weighted by Crippen LogP contribution is -2.28. The number of benzene rings is 1. The van der Waals surface area contributed by atoms with E-state index < -0.39 is 17.8 Å². The summed E-state index contributed by atoms with van der Waals surface area (Å²) in [5.41, 5.74) is -0.103. The Labute approximate surface area is 107 Å². The van der Waals surface area contributed by atoms with Crippen molar-refractivity contribution in [1.82, 2.24) is 20.5 Å². The summed E-state index contributed by atoms with van der Waals surface area (Å²) in [6, 6.07) is 3.40. The Morgan fingerprint density at radius 2 is 2.33 bits per heavy atom. The Bertz CT molecular complexity index is 558. The third kappa shape index (κ3) is 2.65. The van der Waals surface area contributed by atoms with Gasteiger partial charge in [-0.2, -0.15) is 5.10 Å². The molecule has 2 N–H and O–H groups in total. The lowest BCUT2D eigenvalue weighted by atomic mass is 10.2. The molecule has 5 nitrogen and oxygen atoms in total. The van der Waals surface area contributed by atoms with Gasteiger partial charge in [0.15, 0.2) is 0 Å². The van der Waals surface area contributed by atoms with E-state index in [9.17, 15) is 9.18 Å². The molecule has 1 atom stereocenters. The Balaban J connectivity index is 2.15. The molecule has 1 amide bonds. The van der Waals surface area contributed by atoms with Crippen LogP contribution in [0.3, 0.4) is 0 Å². The summed E-state index contributed by atoms with van der Waals surface area (Å²) in [7, 11) is 0. The van der Waals surface area contributed by atoms with Crippen LogP contribution in [-0.4, -0.2) is 21.1 Å². The molecule has 1 heterocycles. The van der Waals surface area contributed by atoms with Gasteiger partial charge in [0, 0.05) is 5.02 Å². The fraction of sp³-hybridized carbons (Fsp3) is 0.182. The molecule has 0 saturated carbocycles. The Kier molecular flexibility index (Phi) is 3.57. The maximum Gasteiger partial charge on any atom is 0.254 e. The van der Waals surface area contributed by atoms with E-state index in [1.165, 1.54) is 18.5 Å². The normalized spacial score (nSPS) is 12.2. The van der Waals surface area contributed by atoms with Gasteiger partial charge in [-0.1, -0.05) is 11.6 Å². The molecule has 0 radical (unpaired) electrons. The van der Waals surface area contributed by atoms with Crippen LogP contribution in [0.4, 0.5) is 4.39 Å². The zero-order chi connectivity index (χ0) is 13.1. The monoisotopic (exact) mass is 268 g/mol. The molecule has 0 aliphatic heterocycles. The van der Waals surface area contributed by atoms with Crippen molar-refractivity contribution in [3.63, 3.8) is 0 Å². The van der Waals surface area contributed by atoms with Gasteiger partial charge in [-0.15, -0.1) is 0 Å². The fourth-order valence-corrected chi connectivity index (χ4v) is 1.61. The van der Waals surface area contributed by atoms with Crippen molar-refractivity contribution in [1.29, 1.82) is 0 Å². The number of carbonyl (C=O) groups excluding carboxylic acids is 1. The highest BCUT2D eigenvalue weighted by Gasteiger charge is 2.16. The lowest BCUT2D eigenvalue weighted by molar-refractivity contribution is 0.0934. The molecule has 0 aliphatic rings. The van der Waals surface area contributed by atoms with Gasteiger partial charge >= 0.3 is 0 Å². The molecule has 7 heteroatoms. The van der Waals surface area contributed by atoms with Crippen molar-refractivity contribution in [3.8, 4) is 0 Å². The predicted molar refractivity (Wildman–Crippen MR) is 63.7 cm³/mol. The molecule has 0 bridgehead atoms. The second kappa shape index (κ2) is 5.14. The van der Waals surface area contributed by atoms with E-state index in [1.54, 1.807) is 6.92 Å². The molecule has 1 unspecified atom stereocenters. The van der Waals surface area contributed by atoms with Crippen molar-refractivity contribution < 1.29 is 9.18 Å². The first kappa shape index (κ1) is 12.5. The zero-order valence-electron chi connectivity index (χ0n) is 9.45. The number of nitrogens with one attached hydrogen (secondary N) is 2. The molecule has 0 aliphatic carbocycles. The maximum atomic E-state index is 13.5. The average Bonchev–Trinajstić information content (AvgIpc) is 2.85. The highest BCUT2D eigenvalue weighted by atomic mass is 35.5. The Morgan fingerprint density at radius 1 is 1.56 bits per heavy atom. The van der Waals surface area contributed by atoms with Crippen LogP contribution >= 0.6 is 11.6 Å². The quantitative estimate of drug-likeness (QED) is 0.895. The largest absolute Gasteiger partial charge is 0.342 e. The first-order valence-corrected chi connectivity index (χ1v) is 5.57. The number of H-pyrrole nitrogens is 1. The van der Waals surface area contributed by atoms with Gasteiger partial charge in [0.25, 0.3) is 5.91 Å². The molecule has 1 aromatic carbocycles. The van der Waals surface area contributed by atoms with Crippen molar-refractivity contribution in [2.75, 3.05) is 0 Å². The number of nitrogens with zero attached hydrogens (tertiary/aromatic N) is 2. The average molecular weight is 269 g/mol. The summed E-state index contributed by atoms with van der Waals surface area (Å²) in [5, 5.41) is 9.19. The Morgan fingerprint density at radius 3 is 3.00 bits per heavy atom. The number of aromatic nitrogens is 3. The second-order valence-corrected chi connectivity index (χ2v) is 4.13. The fourth-order valence-electron chi connectivity index (χ4n) is 1.44. The molecule has 94 valence electrons. The standard InChI is InChI=1S/C11H10ClFN4O/c1-6(10-14-5-15-17-10)16-11(18)8-4-7(12)2-3-9(8)13/h2-6H,1H3,(H,16,18)(H,14,15,17). The highest BCUT2D eigenvalue weighted by Crippen LogP contribution is 2.16. The molecular weight excluding hydrogens is 259 g/mol. The van der Waals surface area contributed by atoms with Crippen LogP contribution in [0.5, 0.6) is 0 Å². The third-order valence-electron chi connectivity index (χ3n) is 2.36. The van der Waals surface area contributed by atoms with Crippen molar-refractivity contribution in [3.05, 3.63) is 46.8 Å². The van der Waals surface area contributed by atoms with E-state index in [0.29, 0.717) is 10.8 Å². The summed E-state index contributed by atoms with van der Waals surface area (Å²) in [6.45, 7) is 1.71. The number of hydrogen-bond acceptors (Lipinski definition) is 3. The molecule has 0 fully saturated rings. The van der Waals surface area contributed by atoms with E-state index in [4.69, 9.17) is 11.6 Å². The van der Waals surface area contributed by atoms with E-state index in [-0.39, 0.29) is 5.56 Å². The van der Waals surface area contributed by atoms with Crippen LogP contribution in [0, 0.1) is 5.82 Å². The summed E-state index contributed by atoms with van der Waals surface area (Å²) in [5.74, 6) is -0.689. The first-order valence-electron chi connectivity index (χ1n) is 5.19. The number of rotatable bonds is 3. The topological polar surface area (TPSA) is 70.7 Å². The van der Waals surface area contributed by atoms with Gasteiger partial charge in [-0.05, 0) is 25.1 Å².